The molecule has 2 nitrogen and oxygen atoms in total. The van der Waals surface area contributed by atoms with Crippen molar-refractivity contribution in [2.45, 2.75) is 13.5 Å². The summed E-state index contributed by atoms with van der Waals surface area (Å²) in [6, 6.07) is 4.69. The fourth-order valence-electron chi connectivity index (χ4n) is 1.80. The Kier molecular flexibility index (Phi) is 3.20. The highest BCUT2D eigenvalue weighted by Crippen LogP contribution is 2.27. The lowest BCUT2D eigenvalue weighted by Gasteiger charge is -2.01. The summed E-state index contributed by atoms with van der Waals surface area (Å²) in [6.07, 6.45) is 0. The molecular weight excluding hydrogens is 286 g/mol. The topological polar surface area (TPSA) is 24.9 Å². The Labute approximate surface area is 116 Å². The number of rotatable bonds is 3. The highest BCUT2D eigenvalue weighted by Gasteiger charge is 2.12. The Bertz CT molecular complexity index is 733. The standard InChI is InChI=1S/C13H10F2N2S2/c1-7-9(4-5-18-7)16-6-11-17-13-10(19-11)3-2-8(14)12(13)15/h2-5,16H,6H2,1H3. The number of anilines is 1. The fraction of sp³-hybridized carbons (Fsp3) is 0.154. The number of halogens is 2. The molecule has 3 aromatic rings. The number of nitrogens with one attached hydrogen (secondary N) is 1. The van der Waals surface area contributed by atoms with E-state index in [2.05, 4.69) is 10.3 Å². The maximum atomic E-state index is 13.5. The van der Waals surface area contributed by atoms with Crippen molar-refractivity contribution in [1.82, 2.24) is 4.98 Å². The van der Waals surface area contributed by atoms with E-state index < -0.39 is 11.6 Å². The first kappa shape index (κ1) is 12.5. The lowest BCUT2D eigenvalue weighted by Crippen LogP contribution is -1.98. The number of thiophene rings is 1. The molecule has 1 N–H and O–H groups in total. The second-order valence-electron chi connectivity index (χ2n) is 4.06. The molecule has 0 radical (unpaired) electrons. The second kappa shape index (κ2) is 4.86. The van der Waals surface area contributed by atoms with Gasteiger partial charge in [0.25, 0.3) is 0 Å². The third kappa shape index (κ3) is 2.33. The van der Waals surface area contributed by atoms with Gasteiger partial charge in [0.15, 0.2) is 11.6 Å². The van der Waals surface area contributed by atoms with Crippen molar-refractivity contribution in [3.8, 4) is 0 Å². The summed E-state index contributed by atoms with van der Waals surface area (Å²) < 4.78 is 27.3. The van der Waals surface area contributed by atoms with E-state index >= 15 is 0 Å². The molecule has 2 aromatic heterocycles. The lowest BCUT2D eigenvalue weighted by molar-refractivity contribution is 0.515. The van der Waals surface area contributed by atoms with E-state index in [1.54, 1.807) is 17.4 Å². The highest BCUT2D eigenvalue weighted by molar-refractivity contribution is 7.18. The minimum absolute atomic E-state index is 0.115. The van der Waals surface area contributed by atoms with Gasteiger partial charge in [-0.15, -0.1) is 22.7 Å². The quantitative estimate of drug-likeness (QED) is 0.766. The number of nitrogens with zero attached hydrogens (tertiary/aromatic N) is 1. The number of fused-ring (bicyclic) bond motifs is 1. The third-order valence-corrected chi connectivity index (χ3v) is 4.65. The van der Waals surface area contributed by atoms with Gasteiger partial charge in [0.05, 0.1) is 11.2 Å². The van der Waals surface area contributed by atoms with E-state index in [-0.39, 0.29) is 5.52 Å². The molecular formula is C13H10F2N2S2. The van der Waals surface area contributed by atoms with Crippen molar-refractivity contribution in [1.29, 1.82) is 0 Å². The van der Waals surface area contributed by atoms with Gasteiger partial charge in [0.2, 0.25) is 0 Å². The van der Waals surface area contributed by atoms with Crippen LogP contribution >= 0.6 is 22.7 Å². The van der Waals surface area contributed by atoms with E-state index in [0.29, 0.717) is 11.2 Å². The molecule has 0 spiro atoms. The average Bonchev–Trinajstić information content (AvgIpc) is 2.98. The molecule has 0 bridgehead atoms. The van der Waals surface area contributed by atoms with Crippen molar-refractivity contribution in [3.05, 3.63) is 45.1 Å². The van der Waals surface area contributed by atoms with Gasteiger partial charge in [0, 0.05) is 10.6 Å². The Morgan fingerprint density at radius 2 is 2.11 bits per heavy atom. The fourth-order valence-corrected chi connectivity index (χ4v) is 3.38. The molecule has 98 valence electrons. The molecule has 1 aromatic carbocycles. The van der Waals surface area contributed by atoms with Gasteiger partial charge in [-0.1, -0.05) is 0 Å². The lowest BCUT2D eigenvalue weighted by atomic mass is 10.3. The highest BCUT2D eigenvalue weighted by atomic mass is 32.1. The van der Waals surface area contributed by atoms with Gasteiger partial charge in [-0.25, -0.2) is 13.8 Å². The second-order valence-corrected chi connectivity index (χ2v) is 6.30. The molecule has 3 rings (SSSR count). The molecule has 0 aliphatic rings. The first-order valence-electron chi connectivity index (χ1n) is 5.66. The van der Waals surface area contributed by atoms with Crippen molar-refractivity contribution >= 4 is 38.6 Å². The van der Waals surface area contributed by atoms with Crippen molar-refractivity contribution in [2.24, 2.45) is 0 Å². The Morgan fingerprint density at radius 1 is 1.26 bits per heavy atom. The maximum absolute atomic E-state index is 13.5. The third-order valence-electron chi connectivity index (χ3n) is 2.79. The predicted octanol–water partition coefficient (Wildman–Crippen LogP) is 4.56. The minimum atomic E-state index is -0.869. The zero-order chi connectivity index (χ0) is 13.4. The van der Waals surface area contributed by atoms with Gasteiger partial charge in [-0.3, -0.25) is 0 Å². The molecule has 0 aliphatic heterocycles. The number of aryl methyl sites for hydroxylation is 1. The molecule has 0 saturated carbocycles. The molecule has 0 aliphatic carbocycles. The van der Waals surface area contributed by atoms with E-state index in [0.717, 1.165) is 16.8 Å². The summed E-state index contributed by atoms with van der Waals surface area (Å²) >= 11 is 3.03. The van der Waals surface area contributed by atoms with Crippen LogP contribution in [0.2, 0.25) is 0 Å². The van der Waals surface area contributed by atoms with Crippen LogP contribution in [-0.4, -0.2) is 4.98 Å². The first-order chi connectivity index (χ1) is 9.15. The van der Waals surface area contributed by atoms with E-state index in [9.17, 15) is 8.78 Å². The zero-order valence-corrected chi connectivity index (χ0v) is 11.7. The summed E-state index contributed by atoms with van der Waals surface area (Å²) in [5, 5.41) is 5.99. The summed E-state index contributed by atoms with van der Waals surface area (Å²) in [4.78, 5) is 5.34. The van der Waals surface area contributed by atoms with Crippen LogP contribution in [0.1, 0.15) is 9.88 Å². The van der Waals surface area contributed by atoms with Crippen LogP contribution < -0.4 is 5.32 Å². The molecule has 0 saturated heterocycles. The SMILES string of the molecule is Cc1sccc1NCc1nc2c(F)c(F)ccc2s1. The summed E-state index contributed by atoms with van der Waals surface area (Å²) in [5.74, 6) is -1.72. The van der Waals surface area contributed by atoms with E-state index in [1.165, 1.54) is 16.2 Å². The Hall–Kier alpha value is -1.53. The van der Waals surface area contributed by atoms with Gasteiger partial charge in [-0.2, -0.15) is 0 Å². The summed E-state index contributed by atoms with van der Waals surface area (Å²) in [7, 11) is 0. The minimum Gasteiger partial charge on any atom is -0.378 e. The van der Waals surface area contributed by atoms with Gasteiger partial charge >= 0.3 is 0 Å². The van der Waals surface area contributed by atoms with Crippen molar-refractivity contribution < 1.29 is 8.78 Å². The average molecular weight is 296 g/mol. The number of thiazole rings is 1. The Balaban J connectivity index is 1.86. The number of hydrogen-bond acceptors (Lipinski definition) is 4. The van der Waals surface area contributed by atoms with Crippen LogP contribution in [0.5, 0.6) is 0 Å². The maximum Gasteiger partial charge on any atom is 0.185 e. The largest absolute Gasteiger partial charge is 0.378 e. The summed E-state index contributed by atoms with van der Waals surface area (Å²) in [6.45, 7) is 2.54. The van der Waals surface area contributed by atoms with Gasteiger partial charge in [-0.05, 0) is 30.5 Å². The molecule has 0 amide bonds. The van der Waals surface area contributed by atoms with Crippen LogP contribution in [-0.2, 0) is 6.54 Å². The number of benzene rings is 1. The van der Waals surface area contributed by atoms with Crippen LogP contribution in [0.3, 0.4) is 0 Å². The van der Waals surface area contributed by atoms with Crippen molar-refractivity contribution in [3.63, 3.8) is 0 Å². The summed E-state index contributed by atoms with van der Waals surface area (Å²) in [5.41, 5.74) is 1.17. The van der Waals surface area contributed by atoms with Crippen LogP contribution in [0.15, 0.2) is 23.6 Å². The molecule has 0 fully saturated rings. The smallest absolute Gasteiger partial charge is 0.185 e. The first-order valence-corrected chi connectivity index (χ1v) is 7.36. The predicted molar refractivity (Wildman–Crippen MR) is 75.9 cm³/mol. The Morgan fingerprint density at radius 3 is 2.84 bits per heavy atom. The molecule has 6 heteroatoms. The number of hydrogen-bond donors (Lipinski definition) is 1. The molecule has 0 unspecified atom stereocenters. The van der Waals surface area contributed by atoms with Crippen LogP contribution in [0.4, 0.5) is 14.5 Å². The number of aromatic nitrogens is 1. The van der Waals surface area contributed by atoms with Gasteiger partial charge in [0.1, 0.15) is 10.5 Å². The van der Waals surface area contributed by atoms with Crippen LogP contribution in [0, 0.1) is 18.6 Å². The molecule has 2 heterocycles. The molecule has 0 atom stereocenters. The molecule has 19 heavy (non-hydrogen) atoms. The van der Waals surface area contributed by atoms with Crippen molar-refractivity contribution in [2.75, 3.05) is 5.32 Å². The monoisotopic (exact) mass is 296 g/mol. The zero-order valence-electron chi connectivity index (χ0n) is 10.0. The van der Waals surface area contributed by atoms with Crippen LogP contribution in [0.25, 0.3) is 10.2 Å². The van der Waals surface area contributed by atoms with E-state index in [4.69, 9.17) is 0 Å². The van der Waals surface area contributed by atoms with E-state index in [1.807, 2.05) is 18.4 Å². The normalized spacial score (nSPS) is 11.1. The van der Waals surface area contributed by atoms with Gasteiger partial charge < -0.3 is 5.32 Å².